The lowest BCUT2D eigenvalue weighted by molar-refractivity contribution is -0.111. The molecule has 8 heteroatoms. The minimum absolute atomic E-state index is 0.198. The molecule has 0 radical (unpaired) electrons. The van der Waals surface area contributed by atoms with Gasteiger partial charge in [0.15, 0.2) is 0 Å². The number of nitrogens with one attached hydrogen (secondary N) is 1. The van der Waals surface area contributed by atoms with Crippen LogP contribution in [0.25, 0.3) is 33.3 Å². The number of methoxy groups -OCH3 is 2. The predicted octanol–water partition coefficient (Wildman–Crippen LogP) is 4.38. The maximum Gasteiger partial charge on any atom is 0.248 e. The molecule has 1 N–H and O–H groups in total. The number of nitrogens with zero attached hydrogens (tertiary/aromatic N) is 4. The highest BCUT2D eigenvalue weighted by atomic mass is 16.5. The van der Waals surface area contributed by atoms with Crippen LogP contribution in [-0.2, 0) is 11.8 Å². The Balaban J connectivity index is 1.72. The molecule has 1 aromatic carbocycles. The van der Waals surface area contributed by atoms with E-state index in [9.17, 15) is 4.79 Å². The molecule has 0 aliphatic carbocycles. The van der Waals surface area contributed by atoms with E-state index < -0.39 is 0 Å². The number of fused-ring (bicyclic) bond motifs is 1. The minimum atomic E-state index is -0.198. The third-order valence-electron chi connectivity index (χ3n) is 5.55. The quantitative estimate of drug-likeness (QED) is 0.384. The monoisotopic (exact) mass is 471 g/mol. The number of ether oxygens (including phenoxy) is 2. The van der Waals surface area contributed by atoms with Crippen LogP contribution in [0, 0.1) is 0 Å². The normalized spacial score (nSPS) is 11.4. The Morgan fingerprint density at radius 2 is 1.89 bits per heavy atom. The van der Waals surface area contributed by atoms with E-state index in [2.05, 4.69) is 16.4 Å². The molecule has 0 aliphatic rings. The van der Waals surface area contributed by atoms with Crippen molar-refractivity contribution in [2.24, 2.45) is 7.05 Å². The first-order chi connectivity index (χ1) is 16.9. The van der Waals surface area contributed by atoms with Gasteiger partial charge in [-0.25, -0.2) is 9.97 Å². The summed E-state index contributed by atoms with van der Waals surface area (Å²) in [5.41, 5.74) is 5.31. The van der Waals surface area contributed by atoms with Crippen LogP contribution in [-0.4, -0.2) is 60.2 Å². The van der Waals surface area contributed by atoms with Crippen LogP contribution >= 0.6 is 0 Å². The largest absolute Gasteiger partial charge is 0.497 e. The van der Waals surface area contributed by atoms with Gasteiger partial charge in [-0.05, 0) is 49.5 Å². The van der Waals surface area contributed by atoms with Gasteiger partial charge in [-0.15, -0.1) is 0 Å². The number of rotatable bonds is 8. The predicted molar refractivity (Wildman–Crippen MR) is 139 cm³/mol. The fourth-order valence-corrected chi connectivity index (χ4v) is 3.85. The lowest BCUT2D eigenvalue weighted by atomic mass is 10.0. The highest BCUT2D eigenvalue weighted by molar-refractivity contribution is 6.00. The number of pyridine rings is 2. The van der Waals surface area contributed by atoms with Crippen molar-refractivity contribution in [3.05, 3.63) is 67.1 Å². The molecule has 0 fully saturated rings. The molecular formula is C27H29N5O3. The Morgan fingerprint density at radius 3 is 2.63 bits per heavy atom. The average molecular weight is 472 g/mol. The van der Waals surface area contributed by atoms with Crippen molar-refractivity contribution in [3.8, 4) is 33.9 Å². The molecule has 1 amide bonds. The molecule has 3 aromatic heterocycles. The van der Waals surface area contributed by atoms with E-state index in [0.717, 1.165) is 33.3 Å². The molecule has 180 valence electrons. The molecule has 4 aromatic rings. The van der Waals surface area contributed by atoms with Gasteiger partial charge < -0.3 is 24.3 Å². The van der Waals surface area contributed by atoms with Gasteiger partial charge in [0.05, 0.1) is 14.2 Å². The van der Waals surface area contributed by atoms with E-state index in [1.54, 1.807) is 26.5 Å². The molecule has 0 unspecified atom stereocenters. The topological polar surface area (TPSA) is 81.5 Å². The van der Waals surface area contributed by atoms with E-state index in [0.29, 0.717) is 23.9 Å². The summed E-state index contributed by atoms with van der Waals surface area (Å²) < 4.78 is 12.8. The van der Waals surface area contributed by atoms with Gasteiger partial charge in [0.2, 0.25) is 11.8 Å². The second-order valence-corrected chi connectivity index (χ2v) is 8.44. The summed E-state index contributed by atoms with van der Waals surface area (Å²) in [6.07, 6.45) is 8.96. The highest BCUT2D eigenvalue weighted by Crippen LogP contribution is 2.35. The van der Waals surface area contributed by atoms with Crippen molar-refractivity contribution in [2.45, 2.75) is 0 Å². The SMILES string of the molecule is COc1cc(NC(=O)/C=C/CN(C)C)cc(-c2cnc3c(c2)c(-c2ccnc(OC)c2)cn3C)c1. The van der Waals surface area contributed by atoms with Crippen molar-refractivity contribution >= 4 is 22.6 Å². The maximum atomic E-state index is 12.4. The Morgan fingerprint density at radius 1 is 1.06 bits per heavy atom. The molecule has 0 saturated heterocycles. The number of aryl methyl sites for hydroxylation is 1. The van der Waals surface area contributed by atoms with Gasteiger partial charge in [0.1, 0.15) is 11.4 Å². The molecule has 0 atom stereocenters. The van der Waals surface area contributed by atoms with Gasteiger partial charge in [0, 0.05) is 72.6 Å². The van der Waals surface area contributed by atoms with Crippen LogP contribution in [0.1, 0.15) is 0 Å². The van der Waals surface area contributed by atoms with Crippen LogP contribution in [0.2, 0.25) is 0 Å². The van der Waals surface area contributed by atoms with Crippen molar-refractivity contribution in [2.75, 3.05) is 40.2 Å². The van der Waals surface area contributed by atoms with Crippen LogP contribution in [0.3, 0.4) is 0 Å². The summed E-state index contributed by atoms with van der Waals surface area (Å²) in [5.74, 6) is 0.996. The Kier molecular flexibility index (Phi) is 7.12. The Hall–Kier alpha value is -4.17. The molecule has 0 aliphatic heterocycles. The fourth-order valence-electron chi connectivity index (χ4n) is 3.85. The van der Waals surface area contributed by atoms with Crippen molar-refractivity contribution in [3.63, 3.8) is 0 Å². The molecule has 8 nitrogen and oxygen atoms in total. The molecule has 0 saturated carbocycles. The zero-order chi connectivity index (χ0) is 24.9. The number of carbonyl (C=O) groups excluding carboxylic acids is 1. The van der Waals surface area contributed by atoms with E-state index in [4.69, 9.17) is 14.5 Å². The van der Waals surface area contributed by atoms with Gasteiger partial charge in [-0.3, -0.25) is 4.79 Å². The van der Waals surface area contributed by atoms with E-state index in [1.807, 2.05) is 73.3 Å². The summed E-state index contributed by atoms with van der Waals surface area (Å²) in [5, 5.41) is 3.92. The number of carbonyl (C=O) groups is 1. The number of anilines is 1. The average Bonchev–Trinajstić information content (AvgIpc) is 3.19. The molecule has 4 rings (SSSR count). The number of aromatic nitrogens is 3. The van der Waals surface area contributed by atoms with Crippen molar-refractivity contribution in [1.82, 2.24) is 19.4 Å². The molecule has 35 heavy (non-hydrogen) atoms. The minimum Gasteiger partial charge on any atom is -0.497 e. The standard InChI is InChI=1S/C27H29N5O3/c1-31(2)10-6-7-25(33)30-21-11-19(12-22(15-21)34-4)20-13-23-24(17-32(3)27(23)29-16-20)18-8-9-28-26(14-18)35-5/h6-9,11-17H,10H2,1-5H3,(H,30,33)/b7-6+. The third kappa shape index (κ3) is 5.50. The van der Waals surface area contributed by atoms with E-state index in [-0.39, 0.29) is 5.91 Å². The van der Waals surface area contributed by atoms with Crippen molar-refractivity contribution in [1.29, 1.82) is 0 Å². The van der Waals surface area contributed by atoms with Crippen LogP contribution in [0.15, 0.2) is 67.1 Å². The Labute approximate surface area is 204 Å². The first-order valence-electron chi connectivity index (χ1n) is 11.1. The van der Waals surface area contributed by atoms with E-state index >= 15 is 0 Å². The van der Waals surface area contributed by atoms with Crippen LogP contribution in [0.5, 0.6) is 11.6 Å². The zero-order valence-electron chi connectivity index (χ0n) is 20.6. The van der Waals surface area contributed by atoms with Gasteiger partial charge in [0.25, 0.3) is 0 Å². The zero-order valence-corrected chi connectivity index (χ0v) is 20.6. The highest BCUT2D eigenvalue weighted by Gasteiger charge is 2.14. The lowest BCUT2D eigenvalue weighted by Crippen LogP contribution is -2.13. The van der Waals surface area contributed by atoms with Gasteiger partial charge >= 0.3 is 0 Å². The second kappa shape index (κ2) is 10.4. The van der Waals surface area contributed by atoms with Crippen molar-refractivity contribution < 1.29 is 14.3 Å². The third-order valence-corrected chi connectivity index (χ3v) is 5.55. The molecule has 3 heterocycles. The number of likely N-dealkylation sites (N-methyl/N-ethyl adjacent to an activating group) is 1. The Bertz CT molecular complexity index is 1390. The molecular weight excluding hydrogens is 442 g/mol. The summed E-state index contributed by atoms with van der Waals surface area (Å²) in [7, 11) is 9.08. The van der Waals surface area contributed by atoms with Crippen LogP contribution in [0.4, 0.5) is 5.69 Å². The fraction of sp³-hybridized carbons (Fsp3) is 0.222. The first kappa shape index (κ1) is 24.0. The first-order valence-corrected chi connectivity index (χ1v) is 11.1. The smallest absolute Gasteiger partial charge is 0.248 e. The second-order valence-electron chi connectivity index (χ2n) is 8.44. The van der Waals surface area contributed by atoms with Gasteiger partial charge in [-0.2, -0.15) is 0 Å². The summed E-state index contributed by atoms with van der Waals surface area (Å²) in [6, 6.07) is 11.6. The number of benzene rings is 1. The number of hydrogen-bond acceptors (Lipinski definition) is 6. The lowest BCUT2D eigenvalue weighted by Gasteiger charge is -2.11. The number of hydrogen-bond donors (Lipinski definition) is 1. The summed E-state index contributed by atoms with van der Waals surface area (Å²) in [6.45, 7) is 0.686. The molecule has 0 bridgehead atoms. The van der Waals surface area contributed by atoms with Gasteiger partial charge in [-0.1, -0.05) is 6.08 Å². The summed E-state index contributed by atoms with van der Waals surface area (Å²) >= 11 is 0. The van der Waals surface area contributed by atoms with E-state index in [1.165, 1.54) is 6.08 Å². The van der Waals surface area contributed by atoms with Crippen LogP contribution < -0.4 is 14.8 Å². The number of amides is 1. The summed E-state index contributed by atoms with van der Waals surface area (Å²) in [4.78, 5) is 23.3. The molecule has 0 spiro atoms. The maximum absolute atomic E-state index is 12.4.